The summed E-state index contributed by atoms with van der Waals surface area (Å²) in [5.41, 5.74) is 0.292. The Balaban J connectivity index is 2.93. The van der Waals surface area contributed by atoms with Gasteiger partial charge in [-0.1, -0.05) is 0 Å². The van der Waals surface area contributed by atoms with Gasteiger partial charge in [-0.25, -0.2) is 0 Å². The quantitative estimate of drug-likeness (QED) is 0.557. The molecule has 0 unspecified atom stereocenters. The Labute approximate surface area is 58.1 Å². The van der Waals surface area contributed by atoms with Gasteiger partial charge in [0.25, 0.3) is 0 Å². The number of ether oxygens (including phenoxy) is 1. The third-order valence-electron chi connectivity index (χ3n) is 0.964. The van der Waals surface area contributed by atoms with E-state index in [0.29, 0.717) is 11.6 Å². The fraction of sp³-hybridized carbons (Fsp3) is 0.167. The molecule has 1 aromatic rings. The molecule has 0 aliphatic heterocycles. The van der Waals surface area contributed by atoms with Gasteiger partial charge >= 0.3 is 0 Å². The van der Waals surface area contributed by atoms with E-state index in [9.17, 15) is 0 Å². The van der Waals surface area contributed by atoms with E-state index in [2.05, 4.69) is 10.2 Å². The highest BCUT2D eigenvalue weighted by molar-refractivity contribution is 5.20. The summed E-state index contributed by atoms with van der Waals surface area (Å²) in [4.78, 5) is 0. The van der Waals surface area contributed by atoms with E-state index in [1.54, 1.807) is 12.1 Å². The van der Waals surface area contributed by atoms with E-state index in [-0.39, 0.29) is 0 Å². The molecule has 50 valence electrons. The van der Waals surface area contributed by atoms with E-state index in [0.717, 1.165) is 0 Å². The maximum atomic E-state index is 8.31. The summed E-state index contributed by atoms with van der Waals surface area (Å²) in [6, 6.07) is 4.99. The third-order valence-corrected chi connectivity index (χ3v) is 0.964. The van der Waals surface area contributed by atoms with Gasteiger partial charge < -0.3 is 4.74 Å². The Bertz CT molecular complexity index is 249. The zero-order valence-electron chi connectivity index (χ0n) is 5.40. The second-order valence-electron chi connectivity index (χ2n) is 1.57. The van der Waals surface area contributed by atoms with Gasteiger partial charge in [-0.3, -0.25) is 0 Å². The highest BCUT2D eigenvalue weighted by Gasteiger charge is 1.92. The largest absolute Gasteiger partial charge is 0.480 e. The molecule has 0 spiro atoms. The zero-order valence-corrected chi connectivity index (χ0v) is 5.40. The Morgan fingerprint density at radius 3 is 2.70 bits per heavy atom. The lowest BCUT2D eigenvalue weighted by Gasteiger charge is -1.93. The molecule has 4 heteroatoms. The molecule has 1 heterocycles. The van der Waals surface area contributed by atoms with Crippen LogP contribution in [0.15, 0.2) is 12.1 Å². The number of rotatable bonds is 1. The molecule has 0 amide bonds. The van der Waals surface area contributed by atoms with E-state index >= 15 is 0 Å². The first-order valence-corrected chi connectivity index (χ1v) is 2.64. The van der Waals surface area contributed by atoms with Crippen molar-refractivity contribution in [2.75, 3.05) is 7.11 Å². The van der Waals surface area contributed by atoms with Crippen LogP contribution in [0.1, 0.15) is 5.69 Å². The highest BCUT2D eigenvalue weighted by atomic mass is 16.5. The molecule has 0 bridgehead atoms. The maximum absolute atomic E-state index is 8.31. The van der Waals surface area contributed by atoms with Gasteiger partial charge in [-0.2, -0.15) is 5.26 Å². The summed E-state index contributed by atoms with van der Waals surface area (Å²) in [7, 11) is 1.50. The Morgan fingerprint density at radius 2 is 2.30 bits per heavy atom. The number of aromatic nitrogens is 2. The summed E-state index contributed by atoms with van der Waals surface area (Å²) in [5.74, 6) is 0.416. The standard InChI is InChI=1S/C6H5N3O/c1-10-6-3-2-5(4-7)8-9-6/h2-3H,1H3. The minimum Gasteiger partial charge on any atom is -0.480 e. The van der Waals surface area contributed by atoms with Gasteiger partial charge in [0.2, 0.25) is 5.88 Å². The number of nitriles is 1. The molecule has 0 aliphatic carbocycles. The van der Waals surface area contributed by atoms with Crippen LogP contribution < -0.4 is 4.74 Å². The Morgan fingerprint density at radius 1 is 1.50 bits per heavy atom. The maximum Gasteiger partial charge on any atom is 0.233 e. The average Bonchev–Trinajstić information content (AvgIpc) is 2.05. The second-order valence-corrected chi connectivity index (χ2v) is 1.57. The smallest absolute Gasteiger partial charge is 0.233 e. The topological polar surface area (TPSA) is 58.8 Å². The Hall–Kier alpha value is -1.63. The molecule has 0 radical (unpaired) electrons. The van der Waals surface area contributed by atoms with E-state index in [4.69, 9.17) is 10.00 Å². The number of methoxy groups -OCH3 is 1. The van der Waals surface area contributed by atoms with Crippen molar-refractivity contribution < 1.29 is 4.74 Å². The van der Waals surface area contributed by atoms with Crippen LogP contribution in [0.4, 0.5) is 0 Å². The van der Waals surface area contributed by atoms with E-state index < -0.39 is 0 Å². The predicted molar refractivity (Wildman–Crippen MR) is 33.3 cm³/mol. The lowest BCUT2D eigenvalue weighted by atomic mass is 10.4. The average molecular weight is 135 g/mol. The molecule has 0 saturated heterocycles. The first kappa shape index (κ1) is 6.49. The molecular formula is C6H5N3O. The van der Waals surface area contributed by atoms with Crippen LogP contribution in [0, 0.1) is 11.3 Å². The lowest BCUT2D eigenvalue weighted by Crippen LogP contribution is -1.91. The van der Waals surface area contributed by atoms with Crippen LogP contribution in [-0.2, 0) is 0 Å². The molecule has 0 N–H and O–H groups in total. The van der Waals surface area contributed by atoms with Crippen molar-refractivity contribution in [3.63, 3.8) is 0 Å². The van der Waals surface area contributed by atoms with E-state index in [1.165, 1.54) is 7.11 Å². The summed E-state index contributed by atoms with van der Waals surface area (Å²) in [6.07, 6.45) is 0. The second kappa shape index (κ2) is 2.78. The van der Waals surface area contributed by atoms with Crippen molar-refractivity contribution in [3.05, 3.63) is 17.8 Å². The lowest BCUT2D eigenvalue weighted by molar-refractivity contribution is 0.391. The van der Waals surface area contributed by atoms with Gasteiger partial charge in [-0.15, -0.1) is 10.2 Å². The monoisotopic (exact) mass is 135 g/mol. The number of hydrogen-bond donors (Lipinski definition) is 0. The molecule has 0 aromatic carbocycles. The van der Waals surface area contributed by atoms with Crippen molar-refractivity contribution >= 4 is 0 Å². The van der Waals surface area contributed by atoms with Crippen molar-refractivity contribution in [1.29, 1.82) is 5.26 Å². The van der Waals surface area contributed by atoms with Gasteiger partial charge in [0, 0.05) is 6.07 Å². The van der Waals surface area contributed by atoms with Crippen LogP contribution >= 0.6 is 0 Å². The van der Waals surface area contributed by atoms with Crippen LogP contribution in [0.25, 0.3) is 0 Å². The molecule has 0 fully saturated rings. The summed E-state index contributed by atoms with van der Waals surface area (Å²) >= 11 is 0. The summed E-state index contributed by atoms with van der Waals surface area (Å²) in [5, 5.41) is 15.4. The SMILES string of the molecule is COc1ccc(C#N)nn1. The molecule has 4 nitrogen and oxygen atoms in total. The van der Waals surface area contributed by atoms with Crippen LogP contribution in [0.5, 0.6) is 5.88 Å². The molecule has 0 saturated carbocycles. The zero-order chi connectivity index (χ0) is 7.40. The molecule has 10 heavy (non-hydrogen) atoms. The molecule has 0 atom stereocenters. The van der Waals surface area contributed by atoms with Crippen molar-refractivity contribution in [1.82, 2.24) is 10.2 Å². The number of hydrogen-bond acceptors (Lipinski definition) is 4. The molecule has 1 aromatic heterocycles. The van der Waals surface area contributed by atoms with Gasteiger partial charge in [0.1, 0.15) is 6.07 Å². The van der Waals surface area contributed by atoms with Gasteiger partial charge in [-0.05, 0) is 6.07 Å². The van der Waals surface area contributed by atoms with E-state index in [1.807, 2.05) is 6.07 Å². The van der Waals surface area contributed by atoms with Crippen LogP contribution in [-0.4, -0.2) is 17.3 Å². The van der Waals surface area contributed by atoms with Crippen LogP contribution in [0.3, 0.4) is 0 Å². The minimum atomic E-state index is 0.292. The van der Waals surface area contributed by atoms with Crippen molar-refractivity contribution in [3.8, 4) is 11.9 Å². The molecule has 0 aliphatic rings. The van der Waals surface area contributed by atoms with Gasteiger partial charge in [0.05, 0.1) is 7.11 Å². The normalized spacial score (nSPS) is 8.40. The van der Waals surface area contributed by atoms with Crippen LogP contribution in [0.2, 0.25) is 0 Å². The predicted octanol–water partition coefficient (Wildman–Crippen LogP) is 0.357. The van der Waals surface area contributed by atoms with Crippen molar-refractivity contribution in [2.24, 2.45) is 0 Å². The molecular weight excluding hydrogens is 130 g/mol. The third kappa shape index (κ3) is 1.20. The highest BCUT2D eigenvalue weighted by Crippen LogP contribution is 2.01. The fourth-order valence-corrected chi connectivity index (χ4v) is 0.489. The summed E-state index contributed by atoms with van der Waals surface area (Å²) in [6.45, 7) is 0. The van der Waals surface area contributed by atoms with Crippen molar-refractivity contribution in [2.45, 2.75) is 0 Å². The Kier molecular flexibility index (Phi) is 1.80. The minimum absolute atomic E-state index is 0.292. The number of nitrogens with zero attached hydrogens (tertiary/aromatic N) is 3. The molecule has 1 rings (SSSR count). The summed E-state index contributed by atoms with van der Waals surface area (Å²) < 4.78 is 4.73. The fourth-order valence-electron chi connectivity index (χ4n) is 0.489. The van der Waals surface area contributed by atoms with Gasteiger partial charge in [0.15, 0.2) is 5.69 Å². The first-order valence-electron chi connectivity index (χ1n) is 2.64. The first-order chi connectivity index (χ1) is 4.86.